The van der Waals surface area contributed by atoms with Gasteiger partial charge in [0.25, 0.3) is 0 Å². The van der Waals surface area contributed by atoms with Gasteiger partial charge in [0.2, 0.25) is 0 Å². The molecular formula is C60H42N2Si. The second-order valence-electron chi connectivity index (χ2n) is 15.7. The summed E-state index contributed by atoms with van der Waals surface area (Å²) in [6.07, 6.45) is 0. The van der Waals surface area contributed by atoms with Gasteiger partial charge in [0.05, 0.1) is 35.8 Å². The highest BCUT2D eigenvalue weighted by atomic mass is 28.3. The number of hydrogen-bond donors (Lipinski definition) is 0. The smallest absolute Gasteiger partial charge is 0.179 e. The number of aromatic nitrogens is 2. The maximum atomic E-state index is 9.23. The van der Waals surface area contributed by atoms with Crippen molar-refractivity contribution in [3.05, 3.63) is 255 Å². The van der Waals surface area contributed by atoms with Crippen molar-refractivity contribution in [2.24, 2.45) is 0 Å². The van der Waals surface area contributed by atoms with Gasteiger partial charge in [-0.25, -0.2) is 0 Å². The molecule has 0 aliphatic rings. The standard InChI is InChI=1S/C60H42N2Si/c1-6-21-43(22-7-1)51-34-19-37-57-59(51)53-33-16-17-36-55(53)62(57)46-39-40-56-54(42-46)60-52(44-23-8-2-9-24-44)35-20-38-58(60)61(56)45-25-18-32-50(41-45)63(47-26-10-3-11-27-47,48-28-12-4-13-29-48)49-30-14-5-15-31-49/h1-42H/i1D,2D,6D,7D,8D,9D,21D,22D,23D,24D. The van der Waals surface area contributed by atoms with Crippen molar-refractivity contribution in [1.29, 1.82) is 0 Å². The van der Waals surface area contributed by atoms with Gasteiger partial charge in [-0.2, -0.15) is 0 Å². The van der Waals surface area contributed by atoms with Crippen molar-refractivity contribution in [3.8, 4) is 33.6 Å². The molecule has 0 atom stereocenters. The van der Waals surface area contributed by atoms with Crippen LogP contribution in [0.2, 0.25) is 0 Å². The van der Waals surface area contributed by atoms with Gasteiger partial charge in [-0.1, -0.05) is 206 Å². The molecule has 0 aliphatic heterocycles. The summed E-state index contributed by atoms with van der Waals surface area (Å²) in [6, 6.07) is 62.5. The second kappa shape index (κ2) is 15.2. The Morgan fingerprint density at radius 2 is 0.746 bits per heavy atom. The fraction of sp³-hybridized carbons (Fsp3) is 0. The monoisotopic (exact) mass is 828 g/mol. The molecule has 10 aromatic carbocycles. The Balaban J connectivity index is 1.18. The summed E-state index contributed by atoms with van der Waals surface area (Å²) >= 11 is 0. The SMILES string of the molecule is [2H]c1c([2H])c([2H])c(-c2cccc3c2c2ccccc2n3-c2ccc3c(c2)c2c(-c4c([2H])c([2H])c([2H])c([2H])c4[2H])cccc2n3-c2cccc([Si](c3ccccc3)(c3ccccc3)c3ccccc3)c2)c([2H])c1[2H]. The number of fused-ring (bicyclic) bond motifs is 6. The highest BCUT2D eigenvalue weighted by Crippen LogP contribution is 2.42. The van der Waals surface area contributed by atoms with E-state index in [0.717, 1.165) is 54.8 Å². The summed E-state index contributed by atoms with van der Waals surface area (Å²) in [7, 11) is -3.00. The van der Waals surface area contributed by atoms with Crippen molar-refractivity contribution >= 4 is 72.4 Å². The van der Waals surface area contributed by atoms with Crippen molar-refractivity contribution in [1.82, 2.24) is 9.13 Å². The number of nitrogens with zero attached hydrogens (tertiary/aromatic N) is 2. The Morgan fingerprint density at radius 3 is 1.30 bits per heavy atom. The lowest BCUT2D eigenvalue weighted by atomic mass is 9.99. The molecule has 2 aromatic heterocycles. The van der Waals surface area contributed by atoms with Gasteiger partial charge in [0.15, 0.2) is 8.07 Å². The highest BCUT2D eigenvalue weighted by molar-refractivity contribution is 7.19. The van der Waals surface area contributed by atoms with Crippen molar-refractivity contribution in [2.75, 3.05) is 0 Å². The zero-order valence-electron chi connectivity index (χ0n) is 43.9. The molecule has 0 unspecified atom stereocenters. The molecule has 0 radical (unpaired) electrons. The summed E-state index contributed by atoms with van der Waals surface area (Å²) in [4.78, 5) is 0. The van der Waals surface area contributed by atoms with Crippen LogP contribution in [0.25, 0.3) is 77.2 Å². The van der Waals surface area contributed by atoms with Crippen molar-refractivity contribution in [2.45, 2.75) is 0 Å². The minimum atomic E-state index is -3.00. The third-order valence-electron chi connectivity index (χ3n) is 12.4. The predicted octanol–water partition coefficient (Wildman–Crippen LogP) is 12.6. The van der Waals surface area contributed by atoms with Crippen molar-refractivity contribution in [3.63, 3.8) is 0 Å². The van der Waals surface area contributed by atoms with Crippen LogP contribution < -0.4 is 20.7 Å². The molecular weight excluding hydrogens is 777 g/mol. The van der Waals surface area contributed by atoms with Gasteiger partial charge in [0, 0.05) is 32.9 Å². The summed E-state index contributed by atoms with van der Waals surface area (Å²) in [5, 5.41) is 7.83. The highest BCUT2D eigenvalue weighted by Gasteiger charge is 2.41. The normalized spacial score (nSPS) is 14.0. The fourth-order valence-corrected chi connectivity index (χ4v) is 14.7. The van der Waals surface area contributed by atoms with E-state index in [1.54, 1.807) is 6.07 Å². The first kappa shape index (κ1) is 27.8. The molecule has 12 aromatic rings. The van der Waals surface area contributed by atoms with Crippen LogP contribution in [0, 0.1) is 0 Å². The van der Waals surface area contributed by atoms with E-state index in [0.29, 0.717) is 16.5 Å². The Labute approximate surface area is 382 Å². The number of para-hydroxylation sites is 1. The van der Waals surface area contributed by atoms with Crippen LogP contribution in [-0.4, -0.2) is 17.2 Å². The minimum absolute atomic E-state index is 0.0959. The summed E-state index contributed by atoms with van der Waals surface area (Å²) in [5.41, 5.74) is 5.99. The lowest BCUT2D eigenvalue weighted by molar-refractivity contribution is 1.17. The van der Waals surface area contributed by atoms with Gasteiger partial charge in [0.1, 0.15) is 0 Å². The predicted molar refractivity (Wildman–Crippen MR) is 270 cm³/mol. The lowest BCUT2D eigenvalue weighted by Gasteiger charge is -2.34. The van der Waals surface area contributed by atoms with E-state index in [1.807, 2.05) is 78.9 Å². The molecule has 0 bridgehead atoms. The van der Waals surface area contributed by atoms with E-state index in [2.05, 4.69) is 118 Å². The number of hydrogen-bond acceptors (Lipinski definition) is 0. The number of rotatable bonds is 8. The van der Waals surface area contributed by atoms with Gasteiger partial charge < -0.3 is 9.13 Å². The third-order valence-corrected chi connectivity index (χ3v) is 17.2. The molecule has 0 N–H and O–H groups in total. The van der Waals surface area contributed by atoms with Crippen LogP contribution in [0.4, 0.5) is 0 Å². The van der Waals surface area contributed by atoms with Crippen LogP contribution in [-0.2, 0) is 0 Å². The Kier molecular flexibility index (Phi) is 6.69. The van der Waals surface area contributed by atoms with Gasteiger partial charge in [-0.15, -0.1) is 0 Å². The maximum Gasteiger partial charge on any atom is 0.179 e. The summed E-state index contributed by atoms with van der Waals surface area (Å²) in [5.74, 6) is 0. The Hall–Kier alpha value is -7.98. The van der Waals surface area contributed by atoms with Gasteiger partial charge >= 0.3 is 0 Å². The van der Waals surface area contributed by atoms with Crippen LogP contribution >= 0.6 is 0 Å². The lowest BCUT2D eigenvalue weighted by Crippen LogP contribution is -2.74. The molecule has 0 saturated carbocycles. The molecule has 0 saturated heterocycles. The van der Waals surface area contributed by atoms with Crippen LogP contribution in [0.3, 0.4) is 0 Å². The van der Waals surface area contributed by atoms with Crippen LogP contribution in [0.5, 0.6) is 0 Å². The van der Waals surface area contributed by atoms with Gasteiger partial charge in [-0.3, -0.25) is 0 Å². The molecule has 2 heterocycles. The first-order valence-electron chi connectivity index (χ1n) is 25.9. The Bertz CT molecular complexity index is 4060. The molecule has 0 fully saturated rings. The molecule has 12 rings (SSSR count). The van der Waals surface area contributed by atoms with Crippen LogP contribution in [0.1, 0.15) is 13.7 Å². The maximum absolute atomic E-state index is 9.23. The molecule has 2 nitrogen and oxygen atoms in total. The van der Waals surface area contributed by atoms with Gasteiger partial charge in [-0.05, 0) is 91.5 Å². The first-order valence-corrected chi connectivity index (χ1v) is 22.9. The topological polar surface area (TPSA) is 9.86 Å². The van der Waals surface area contributed by atoms with E-state index in [1.165, 1.54) is 15.6 Å². The largest absolute Gasteiger partial charge is 0.309 e. The molecule has 0 amide bonds. The summed E-state index contributed by atoms with van der Waals surface area (Å²) in [6.45, 7) is 0. The molecule has 3 heteroatoms. The van der Waals surface area contributed by atoms with E-state index in [4.69, 9.17) is 11.0 Å². The molecule has 296 valence electrons. The van der Waals surface area contributed by atoms with E-state index >= 15 is 0 Å². The van der Waals surface area contributed by atoms with E-state index in [9.17, 15) is 2.74 Å². The minimum Gasteiger partial charge on any atom is -0.309 e. The number of benzene rings is 10. The molecule has 0 aliphatic carbocycles. The van der Waals surface area contributed by atoms with Crippen LogP contribution in [0.15, 0.2) is 255 Å². The average Bonchev–Trinajstić information content (AvgIpc) is 3.96. The van der Waals surface area contributed by atoms with Crippen molar-refractivity contribution < 1.29 is 13.7 Å². The zero-order valence-corrected chi connectivity index (χ0v) is 34.9. The first-order chi connectivity index (χ1) is 35.4. The zero-order chi connectivity index (χ0) is 50.4. The fourth-order valence-electron chi connectivity index (χ4n) is 9.90. The second-order valence-corrected chi connectivity index (χ2v) is 19.5. The molecule has 0 spiro atoms. The summed E-state index contributed by atoms with van der Waals surface area (Å²) < 4.78 is 92.1. The van der Waals surface area contributed by atoms with E-state index < -0.39 is 44.3 Å². The molecule has 63 heavy (non-hydrogen) atoms. The quantitative estimate of drug-likeness (QED) is 0.107. The van der Waals surface area contributed by atoms with E-state index in [-0.39, 0.29) is 35.3 Å². The average molecular weight is 829 g/mol. The Morgan fingerprint density at radius 1 is 0.317 bits per heavy atom. The third kappa shape index (κ3) is 5.85.